The SMILES string of the molecule is O=[N+]([O-])c1cc(Br)c(F)cc1Cl. The van der Waals surface area contributed by atoms with Crippen molar-refractivity contribution >= 4 is 33.2 Å². The van der Waals surface area contributed by atoms with Gasteiger partial charge in [0, 0.05) is 12.1 Å². The Morgan fingerprint density at radius 1 is 1.58 bits per heavy atom. The van der Waals surface area contributed by atoms with Crippen LogP contribution in [0.3, 0.4) is 0 Å². The number of benzene rings is 1. The van der Waals surface area contributed by atoms with E-state index in [0.29, 0.717) is 0 Å². The first-order valence-electron chi connectivity index (χ1n) is 2.81. The molecule has 0 saturated heterocycles. The number of nitrogens with zero attached hydrogens (tertiary/aromatic N) is 1. The van der Waals surface area contributed by atoms with Crippen molar-refractivity contribution in [2.75, 3.05) is 0 Å². The van der Waals surface area contributed by atoms with Crippen molar-refractivity contribution in [1.82, 2.24) is 0 Å². The van der Waals surface area contributed by atoms with Crippen LogP contribution < -0.4 is 0 Å². The van der Waals surface area contributed by atoms with E-state index in [1.807, 2.05) is 0 Å². The summed E-state index contributed by atoms with van der Waals surface area (Å²) in [5.74, 6) is -0.620. The Kier molecular flexibility index (Phi) is 2.64. The van der Waals surface area contributed by atoms with E-state index in [4.69, 9.17) is 11.6 Å². The predicted molar refractivity (Wildman–Crippen MR) is 45.8 cm³/mol. The van der Waals surface area contributed by atoms with Gasteiger partial charge in [0.15, 0.2) is 0 Å². The maximum absolute atomic E-state index is 12.7. The lowest BCUT2D eigenvalue weighted by Gasteiger charge is -1.96. The van der Waals surface area contributed by atoms with Crippen molar-refractivity contribution in [3.63, 3.8) is 0 Å². The maximum atomic E-state index is 12.7. The summed E-state index contributed by atoms with van der Waals surface area (Å²) in [5.41, 5.74) is -0.315. The molecule has 0 fully saturated rings. The molecule has 0 aliphatic heterocycles. The Morgan fingerprint density at radius 2 is 2.17 bits per heavy atom. The van der Waals surface area contributed by atoms with Gasteiger partial charge in [-0.05, 0) is 15.9 Å². The number of nitro groups is 1. The highest BCUT2D eigenvalue weighted by atomic mass is 79.9. The molecule has 0 amide bonds. The van der Waals surface area contributed by atoms with Gasteiger partial charge in [-0.1, -0.05) is 11.6 Å². The summed E-state index contributed by atoms with van der Waals surface area (Å²) in [7, 11) is 0. The fourth-order valence-electron chi connectivity index (χ4n) is 0.652. The molecule has 0 radical (unpaired) electrons. The molecule has 0 saturated carbocycles. The zero-order valence-electron chi connectivity index (χ0n) is 5.55. The standard InChI is InChI=1S/C6H2BrClFNO2/c7-3-1-6(10(11)12)4(8)2-5(3)9/h1-2H. The number of nitro benzene ring substituents is 1. The molecule has 0 atom stereocenters. The minimum atomic E-state index is -0.674. The highest BCUT2D eigenvalue weighted by Gasteiger charge is 2.15. The van der Waals surface area contributed by atoms with Crippen molar-refractivity contribution in [3.8, 4) is 0 Å². The fraction of sp³-hybridized carbons (Fsp3) is 0. The summed E-state index contributed by atoms with van der Waals surface area (Å²) in [6, 6.07) is 1.92. The Morgan fingerprint density at radius 3 is 2.67 bits per heavy atom. The minimum absolute atomic E-state index is 0.0265. The molecule has 6 heteroatoms. The molecule has 0 spiro atoms. The second-order valence-electron chi connectivity index (χ2n) is 1.97. The van der Waals surface area contributed by atoms with Gasteiger partial charge in [-0.25, -0.2) is 4.39 Å². The van der Waals surface area contributed by atoms with E-state index in [1.165, 1.54) is 0 Å². The molecule has 0 aromatic heterocycles. The largest absolute Gasteiger partial charge is 0.289 e. The van der Waals surface area contributed by atoms with Crippen LogP contribution in [-0.2, 0) is 0 Å². The smallest absolute Gasteiger partial charge is 0.258 e. The normalized spacial score (nSPS) is 9.92. The molecule has 0 aliphatic carbocycles. The molecule has 0 heterocycles. The second kappa shape index (κ2) is 3.37. The van der Waals surface area contributed by atoms with Crippen LogP contribution >= 0.6 is 27.5 Å². The van der Waals surface area contributed by atoms with Gasteiger partial charge in [0.05, 0.1) is 9.40 Å². The Balaban J connectivity index is 3.33. The first kappa shape index (κ1) is 9.41. The zero-order chi connectivity index (χ0) is 9.30. The third kappa shape index (κ3) is 1.73. The lowest BCUT2D eigenvalue weighted by Crippen LogP contribution is -1.90. The van der Waals surface area contributed by atoms with Crippen molar-refractivity contribution in [2.45, 2.75) is 0 Å². The van der Waals surface area contributed by atoms with E-state index in [1.54, 1.807) is 0 Å². The molecular formula is C6H2BrClFNO2. The van der Waals surface area contributed by atoms with Crippen LogP contribution in [0, 0.1) is 15.9 Å². The van der Waals surface area contributed by atoms with Gasteiger partial charge in [-0.15, -0.1) is 0 Å². The zero-order valence-corrected chi connectivity index (χ0v) is 7.89. The van der Waals surface area contributed by atoms with Gasteiger partial charge >= 0.3 is 0 Å². The van der Waals surface area contributed by atoms with Crippen molar-refractivity contribution in [1.29, 1.82) is 0 Å². The average Bonchev–Trinajstić information content (AvgIpc) is 1.96. The summed E-state index contributed by atoms with van der Waals surface area (Å²) in [6.45, 7) is 0. The quantitative estimate of drug-likeness (QED) is 0.439. The molecule has 12 heavy (non-hydrogen) atoms. The topological polar surface area (TPSA) is 43.1 Å². The Bertz CT molecular complexity index is 345. The van der Waals surface area contributed by atoms with E-state index in [-0.39, 0.29) is 15.2 Å². The molecule has 0 bridgehead atoms. The van der Waals surface area contributed by atoms with Gasteiger partial charge in [0.1, 0.15) is 10.8 Å². The van der Waals surface area contributed by atoms with E-state index < -0.39 is 10.7 Å². The second-order valence-corrected chi connectivity index (χ2v) is 3.24. The third-order valence-electron chi connectivity index (χ3n) is 1.19. The Labute approximate surface area is 80.4 Å². The molecule has 0 N–H and O–H groups in total. The number of halogens is 3. The lowest BCUT2D eigenvalue weighted by atomic mass is 10.3. The van der Waals surface area contributed by atoms with E-state index in [0.717, 1.165) is 12.1 Å². The van der Waals surface area contributed by atoms with E-state index >= 15 is 0 Å². The summed E-state index contributed by atoms with van der Waals surface area (Å²) >= 11 is 8.20. The molecule has 1 aromatic rings. The van der Waals surface area contributed by atoms with Crippen LogP contribution in [0.2, 0.25) is 5.02 Å². The van der Waals surface area contributed by atoms with Crippen LogP contribution in [0.1, 0.15) is 0 Å². The number of hydrogen-bond acceptors (Lipinski definition) is 2. The van der Waals surface area contributed by atoms with Gasteiger partial charge < -0.3 is 0 Å². The van der Waals surface area contributed by atoms with E-state index in [2.05, 4.69) is 15.9 Å². The van der Waals surface area contributed by atoms with Gasteiger partial charge in [0.25, 0.3) is 5.69 Å². The molecule has 64 valence electrons. The Hall–Kier alpha value is -0.680. The number of hydrogen-bond donors (Lipinski definition) is 0. The van der Waals surface area contributed by atoms with Crippen molar-refractivity contribution in [3.05, 3.63) is 37.6 Å². The lowest BCUT2D eigenvalue weighted by molar-refractivity contribution is -0.384. The van der Waals surface area contributed by atoms with Crippen molar-refractivity contribution in [2.24, 2.45) is 0 Å². The average molecular weight is 254 g/mol. The summed E-state index contributed by atoms with van der Waals surface area (Å²) < 4.78 is 12.7. The van der Waals surface area contributed by atoms with Crippen LogP contribution in [0.25, 0.3) is 0 Å². The number of rotatable bonds is 1. The van der Waals surface area contributed by atoms with Gasteiger partial charge in [-0.3, -0.25) is 10.1 Å². The summed E-state index contributed by atoms with van der Waals surface area (Å²) in [5, 5.41) is 10.1. The first-order chi connectivity index (χ1) is 5.52. The fourth-order valence-corrected chi connectivity index (χ4v) is 1.20. The molecule has 1 aromatic carbocycles. The molecule has 1 rings (SSSR count). The van der Waals surface area contributed by atoms with Crippen LogP contribution in [0.4, 0.5) is 10.1 Å². The van der Waals surface area contributed by atoms with Crippen LogP contribution in [0.15, 0.2) is 16.6 Å². The summed E-state index contributed by atoms with van der Waals surface area (Å²) in [6.07, 6.45) is 0. The van der Waals surface area contributed by atoms with Crippen LogP contribution in [-0.4, -0.2) is 4.92 Å². The van der Waals surface area contributed by atoms with Crippen molar-refractivity contribution < 1.29 is 9.31 Å². The highest BCUT2D eigenvalue weighted by molar-refractivity contribution is 9.10. The van der Waals surface area contributed by atoms with E-state index in [9.17, 15) is 14.5 Å². The predicted octanol–water partition coefficient (Wildman–Crippen LogP) is 3.15. The molecule has 3 nitrogen and oxygen atoms in total. The first-order valence-corrected chi connectivity index (χ1v) is 3.98. The minimum Gasteiger partial charge on any atom is -0.258 e. The molecule has 0 unspecified atom stereocenters. The monoisotopic (exact) mass is 253 g/mol. The highest BCUT2D eigenvalue weighted by Crippen LogP contribution is 2.29. The molecule has 0 aliphatic rings. The third-order valence-corrected chi connectivity index (χ3v) is 2.10. The maximum Gasteiger partial charge on any atom is 0.289 e. The van der Waals surface area contributed by atoms with Crippen LogP contribution in [0.5, 0.6) is 0 Å². The van der Waals surface area contributed by atoms with Gasteiger partial charge in [-0.2, -0.15) is 0 Å². The van der Waals surface area contributed by atoms with Gasteiger partial charge in [0.2, 0.25) is 0 Å². The molecular weight excluding hydrogens is 252 g/mol. The summed E-state index contributed by atoms with van der Waals surface area (Å²) in [4.78, 5) is 9.59.